The predicted octanol–water partition coefficient (Wildman–Crippen LogP) is 0.922. The van der Waals surface area contributed by atoms with Crippen LogP contribution in [-0.4, -0.2) is 37.6 Å². The third-order valence-electron chi connectivity index (χ3n) is 1.99. The van der Waals surface area contributed by atoms with Crippen LogP contribution in [0.1, 0.15) is 5.56 Å². The Hall–Kier alpha value is -1.59. The summed E-state index contributed by atoms with van der Waals surface area (Å²) >= 11 is 0. The molecular weight excluding hydrogens is 222 g/mol. The van der Waals surface area contributed by atoms with Crippen molar-refractivity contribution < 1.29 is 19.4 Å². The number of nitrogens with one attached hydrogen (secondary N) is 1. The zero-order valence-corrected chi connectivity index (χ0v) is 9.59. The Morgan fingerprint density at radius 2 is 1.94 bits per heavy atom. The molecule has 17 heavy (non-hydrogen) atoms. The van der Waals surface area contributed by atoms with Crippen LogP contribution in [0.2, 0.25) is 0 Å². The van der Waals surface area contributed by atoms with Crippen LogP contribution in [0.25, 0.3) is 0 Å². The minimum absolute atomic E-state index is 0.0679. The SMILES string of the molecule is O=C(OCCNCCO)OCc1ccccc1. The molecule has 0 aliphatic carbocycles. The second-order valence-electron chi connectivity index (χ2n) is 3.35. The Morgan fingerprint density at radius 3 is 2.65 bits per heavy atom. The van der Waals surface area contributed by atoms with E-state index in [1.165, 1.54) is 0 Å². The Balaban J connectivity index is 2.05. The third-order valence-corrected chi connectivity index (χ3v) is 1.99. The highest BCUT2D eigenvalue weighted by Gasteiger charge is 2.03. The lowest BCUT2D eigenvalue weighted by Crippen LogP contribution is -2.24. The quantitative estimate of drug-likeness (QED) is 0.547. The van der Waals surface area contributed by atoms with Crippen molar-refractivity contribution in [2.75, 3.05) is 26.3 Å². The van der Waals surface area contributed by atoms with Crippen LogP contribution in [0.5, 0.6) is 0 Å². The highest BCUT2D eigenvalue weighted by molar-refractivity contribution is 5.59. The van der Waals surface area contributed by atoms with Gasteiger partial charge in [-0.25, -0.2) is 4.79 Å². The normalized spacial score (nSPS) is 9.94. The number of ether oxygens (including phenoxy) is 2. The van der Waals surface area contributed by atoms with Crippen molar-refractivity contribution >= 4 is 6.16 Å². The van der Waals surface area contributed by atoms with Crippen molar-refractivity contribution in [3.8, 4) is 0 Å². The molecule has 0 saturated heterocycles. The lowest BCUT2D eigenvalue weighted by molar-refractivity contribution is 0.0505. The highest BCUT2D eigenvalue weighted by Crippen LogP contribution is 2.01. The summed E-state index contributed by atoms with van der Waals surface area (Å²) < 4.78 is 9.70. The molecule has 0 amide bonds. The Kier molecular flexibility index (Phi) is 6.78. The molecule has 5 heteroatoms. The van der Waals surface area contributed by atoms with Gasteiger partial charge in [0.2, 0.25) is 0 Å². The molecule has 0 saturated carbocycles. The van der Waals surface area contributed by atoms with Gasteiger partial charge in [-0.2, -0.15) is 0 Å². The van der Waals surface area contributed by atoms with Gasteiger partial charge in [0.1, 0.15) is 13.2 Å². The molecule has 94 valence electrons. The summed E-state index contributed by atoms with van der Waals surface area (Å²) in [6.07, 6.45) is -0.681. The van der Waals surface area contributed by atoms with E-state index in [4.69, 9.17) is 14.6 Å². The Labute approximate surface area is 100 Å². The van der Waals surface area contributed by atoms with Crippen LogP contribution in [0, 0.1) is 0 Å². The fraction of sp³-hybridized carbons (Fsp3) is 0.417. The summed E-state index contributed by atoms with van der Waals surface area (Å²) in [6, 6.07) is 9.40. The van der Waals surface area contributed by atoms with Crippen molar-refractivity contribution in [1.82, 2.24) is 5.32 Å². The summed E-state index contributed by atoms with van der Waals surface area (Å²) in [5.41, 5.74) is 0.919. The molecule has 0 aromatic heterocycles. The second kappa shape index (κ2) is 8.55. The summed E-state index contributed by atoms with van der Waals surface area (Å²) in [5.74, 6) is 0. The molecule has 0 heterocycles. The molecule has 0 spiro atoms. The van der Waals surface area contributed by atoms with E-state index in [1.807, 2.05) is 30.3 Å². The molecule has 1 aromatic carbocycles. The molecule has 0 aliphatic heterocycles. The van der Waals surface area contributed by atoms with Gasteiger partial charge in [-0.1, -0.05) is 30.3 Å². The Bertz CT molecular complexity index is 316. The van der Waals surface area contributed by atoms with Gasteiger partial charge in [-0.15, -0.1) is 0 Å². The standard InChI is InChI=1S/C12H17NO4/c14-8-6-13-7-9-16-12(15)17-10-11-4-2-1-3-5-11/h1-5,13-14H,6-10H2. The number of carbonyl (C=O) groups is 1. The van der Waals surface area contributed by atoms with Crippen LogP contribution < -0.4 is 5.32 Å². The number of benzene rings is 1. The van der Waals surface area contributed by atoms with E-state index < -0.39 is 6.16 Å². The number of aliphatic hydroxyl groups excluding tert-OH is 1. The first-order valence-corrected chi connectivity index (χ1v) is 5.48. The molecule has 5 nitrogen and oxygen atoms in total. The van der Waals surface area contributed by atoms with E-state index >= 15 is 0 Å². The molecule has 2 N–H and O–H groups in total. The van der Waals surface area contributed by atoms with Crippen molar-refractivity contribution in [3.63, 3.8) is 0 Å². The maximum Gasteiger partial charge on any atom is 0.508 e. The van der Waals surface area contributed by atoms with E-state index in [0.717, 1.165) is 5.56 Å². The molecule has 0 radical (unpaired) electrons. The van der Waals surface area contributed by atoms with Crippen molar-refractivity contribution in [2.45, 2.75) is 6.61 Å². The summed E-state index contributed by atoms with van der Waals surface area (Å²) in [6.45, 7) is 1.50. The van der Waals surface area contributed by atoms with Crippen LogP contribution in [0.3, 0.4) is 0 Å². The number of hydrogen-bond acceptors (Lipinski definition) is 5. The first-order valence-electron chi connectivity index (χ1n) is 5.48. The molecule has 0 aliphatic rings. The van der Waals surface area contributed by atoms with E-state index in [2.05, 4.69) is 5.32 Å². The minimum Gasteiger partial charge on any atom is -0.433 e. The first kappa shape index (κ1) is 13.5. The number of hydrogen-bond donors (Lipinski definition) is 2. The van der Waals surface area contributed by atoms with Gasteiger partial charge in [-0.05, 0) is 5.56 Å². The molecule has 0 fully saturated rings. The summed E-state index contributed by atoms with van der Waals surface area (Å²) in [5, 5.41) is 11.4. The largest absolute Gasteiger partial charge is 0.508 e. The van der Waals surface area contributed by atoms with E-state index in [1.54, 1.807) is 0 Å². The summed E-state index contributed by atoms with van der Waals surface area (Å²) in [4.78, 5) is 11.1. The summed E-state index contributed by atoms with van der Waals surface area (Å²) in [7, 11) is 0. The van der Waals surface area contributed by atoms with Gasteiger partial charge in [0.25, 0.3) is 0 Å². The van der Waals surface area contributed by atoms with Crippen LogP contribution in [0.15, 0.2) is 30.3 Å². The topological polar surface area (TPSA) is 67.8 Å². The average molecular weight is 239 g/mol. The predicted molar refractivity (Wildman–Crippen MR) is 62.5 cm³/mol. The highest BCUT2D eigenvalue weighted by atomic mass is 16.7. The fourth-order valence-electron chi connectivity index (χ4n) is 1.17. The number of rotatable bonds is 7. The Morgan fingerprint density at radius 1 is 1.18 bits per heavy atom. The monoisotopic (exact) mass is 239 g/mol. The van der Waals surface area contributed by atoms with Crippen molar-refractivity contribution in [1.29, 1.82) is 0 Å². The second-order valence-corrected chi connectivity index (χ2v) is 3.35. The van der Waals surface area contributed by atoms with Crippen LogP contribution in [0.4, 0.5) is 4.79 Å². The molecule has 0 unspecified atom stereocenters. The maximum absolute atomic E-state index is 11.1. The van der Waals surface area contributed by atoms with Crippen LogP contribution in [-0.2, 0) is 16.1 Å². The van der Waals surface area contributed by atoms with Gasteiger partial charge in [0, 0.05) is 13.1 Å². The lowest BCUT2D eigenvalue weighted by atomic mass is 10.2. The van der Waals surface area contributed by atoms with Crippen molar-refractivity contribution in [2.24, 2.45) is 0 Å². The third kappa shape index (κ3) is 6.55. The molecule has 0 atom stereocenters. The minimum atomic E-state index is -0.681. The number of carbonyl (C=O) groups excluding carboxylic acids is 1. The van der Waals surface area contributed by atoms with Gasteiger partial charge in [0.05, 0.1) is 6.61 Å². The smallest absolute Gasteiger partial charge is 0.433 e. The van der Waals surface area contributed by atoms with E-state index in [0.29, 0.717) is 13.1 Å². The van der Waals surface area contributed by atoms with E-state index in [-0.39, 0.29) is 19.8 Å². The zero-order chi connectivity index (χ0) is 12.3. The molecule has 1 rings (SSSR count). The first-order chi connectivity index (χ1) is 8.33. The maximum atomic E-state index is 11.1. The van der Waals surface area contributed by atoms with Crippen molar-refractivity contribution in [3.05, 3.63) is 35.9 Å². The van der Waals surface area contributed by atoms with Gasteiger partial charge < -0.3 is 19.9 Å². The van der Waals surface area contributed by atoms with E-state index in [9.17, 15) is 4.79 Å². The zero-order valence-electron chi connectivity index (χ0n) is 9.59. The average Bonchev–Trinajstić information content (AvgIpc) is 2.37. The fourth-order valence-corrected chi connectivity index (χ4v) is 1.17. The molecule has 0 bridgehead atoms. The number of aliphatic hydroxyl groups is 1. The lowest BCUT2D eigenvalue weighted by Gasteiger charge is -2.06. The van der Waals surface area contributed by atoms with Gasteiger partial charge in [0.15, 0.2) is 0 Å². The molecule has 1 aromatic rings. The molecular formula is C12H17NO4. The van der Waals surface area contributed by atoms with Gasteiger partial charge in [-0.3, -0.25) is 0 Å². The van der Waals surface area contributed by atoms with Gasteiger partial charge >= 0.3 is 6.16 Å². The van der Waals surface area contributed by atoms with Crippen LogP contribution >= 0.6 is 0 Å².